The van der Waals surface area contributed by atoms with Gasteiger partial charge in [0.1, 0.15) is 18.1 Å². The number of aromatic nitrogens is 4. The average molecular weight is 307 g/mol. The summed E-state index contributed by atoms with van der Waals surface area (Å²) < 4.78 is 2.55. The number of amides is 2. The lowest BCUT2D eigenvalue weighted by Crippen LogP contribution is -2.20. The monoisotopic (exact) mass is 307 g/mol. The fraction of sp³-hybridized carbons (Fsp3) is 0.273. The number of nitro groups is 1. The number of anilines is 1. The summed E-state index contributed by atoms with van der Waals surface area (Å²) in [5.74, 6) is -1.10. The zero-order valence-electron chi connectivity index (χ0n) is 11.6. The molecule has 2 aromatic heterocycles. The normalized spacial score (nSPS) is 10.4. The summed E-state index contributed by atoms with van der Waals surface area (Å²) in [5.41, 5.74) is 5.35. The van der Waals surface area contributed by atoms with Gasteiger partial charge in [-0.3, -0.25) is 29.1 Å². The van der Waals surface area contributed by atoms with Crippen LogP contribution in [0.5, 0.6) is 0 Å². The molecule has 2 aromatic rings. The maximum Gasteiger partial charge on any atom is 0.306 e. The van der Waals surface area contributed by atoms with Gasteiger partial charge in [0.2, 0.25) is 5.91 Å². The lowest BCUT2D eigenvalue weighted by atomic mass is 10.3. The van der Waals surface area contributed by atoms with Crippen molar-refractivity contribution in [2.45, 2.75) is 13.0 Å². The Labute approximate surface area is 123 Å². The molecule has 2 rings (SSSR count). The van der Waals surface area contributed by atoms with Gasteiger partial charge >= 0.3 is 5.69 Å². The molecule has 0 saturated heterocycles. The number of primary amides is 1. The molecule has 0 unspecified atom stereocenters. The molecule has 116 valence electrons. The fourth-order valence-electron chi connectivity index (χ4n) is 1.82. The summed E-state index contributed by atoms with van der Waals surface area (Å²) in [5, 5.41) is 20.6. The Kier molecular flexibility index (Phi) is 4.15. The smallest absolute Gasteiger partial charge is 0.306 e. The van der Waals surface area contributed by atoms with E-state index in [0.717, 1.165) is 6.20 Å². The second kappa shape index (κ2) is 6.03. The highest BCUT2D eigenvalue weighted by molar-refractivity contribution is 6.01. The Bertz CT molecular complexity index is 733. The van der Waals surface area contributed by atoms with Gasteiger partial charge in [0.25, 0.3) is 5.91 Å². The van der Waals surface area contributed by atoms with Crippen molar-refractivity contribution in [3.63, 3.8) is 0 Å². The van der Waals surface area contributed by atoms with Crippen LogP contribution >= 0.6 is 0 Å². The van der Waals surface area contributed by atoms with Crippen molar-refractivity contribution < 1.29 is 14.5 Å². The molecule has 0 aliphatic carbocycles. The predicted octanol–water partition coefficient (Wildman–Crippen LogP) is -0.347. The van der Waals surface area contributed by atoms with Crippen LogP contribution in [0, 0.1) is 10.1 Å². The first-order valence-electron chi connectivity index (χ1n) is 6.17. The highest BCUT2D eigenvalue weighted by Gasteiger charge is 2.16. The minimum atomic E-state index is -0.710. The molecule has 11 heteroatoms. The first-order valence-corrected chi connectivity index (χ1v) is 6.17. The van der Waals surface area contributed by atoms with Crippen LogP contribution in [0.1, 0.15) is 16.9 Å². The van der Waals surface area contributed by atoms with Crippen LogP contribution in [-0.4, -0.2) is 36.3 Å². The molecule has 0 aliphatic heterocycles. The molecule has 0 saturated carbocycles. The lowest BCUT2D eigenvalue weighted by Gasteiger charge is -2.05. The first-order chi connectivity index (χ1) is 10.4. The van der Waals surface area contributed by atoms with E-state index >= 15 is 0 Å². The van der Waals surface area contributed by atoms with E-state index in [4.69, 9.17) is 5.73 Å². The van der Waals surface area contributed by atoms with Crippen molar-refractivity contribution in [1.29, 1.82) is 0 Å². The second-order valence-corrected chi connectivity index (χ2v) is 4.41. The van der Waals surface area contributed by atoms with Crippen LogP contribution in [0.15, 0.2) is 18.6 Å². The molecule has 0 fully saturated rings. The third-order valence-electron chi connectivity index (χ3n) is 2.84. The minimum absolute atomic E-state index is 0.0198. The number of nitrogens with zero attached hydrogens (tertiary/aromatic N) is 5. The SMILES string of the molecule is Cn1ncc(NC(=O)CCn2cc([N+](=O)[O-])cn2)c1C(N)=O. The molecule has 11 nitrogen and oxygen atoms in total. The summed E-state index contributed by atoms with van der Waals surface area (Å²) >= 11 is 0. The Morgan fingerprint density at radius 3 is 2.73 bits per heavy atom. The molecule has 0 bridgehead atoms. The Balaban J connectivity index is 1.96. The van der Waals surface area contributed by atoms with Gasteiger partial charge in [-0.15, -0.1) is 0 Å². The topological polar surface area (TPSA) is 151 Å². The maximum absolute atomic E-state index is 11.8. The predicted molar refractivity (Wildman–Crippen MR) is 73.9 cm³/mol. The van der Waals surface area contributed by atoms with Gasteiger partial charge in [0.05, 0.1) is 16.8 Å². The van der Waals surface area contributed by atoms with Crippen molar-refractivity contribution in [3.05, 3.63) is 34.4 Å². The molecule has 0 aromatic carbocycles. The minimum Gasteiger partial charge on any atom is -0.364 e. The van der Waals surface area contributed by atoms with E-state index in [9.17, 15) is 19.7 Å². The number of carbonyl (C=O) groups excluding carboxylic acids is 2. The largest absolute Gasteiger partial charge is 0.364 e. The zero-order valence-corrected chi connectivity index (χ0v) is 11.6. The van der Waals surface area contributed by atoms with E-state index in [1.165, 1.54) is 28.8 Å². The third kappa shape index (κ3) is 3.26. The van der Waals surface area contributed by atoms with Gasteiger partial charge in [-0.05, 0) is 0 Å². The van der Waals surface area contributed by atoms with Gasteiger partial charge in [0.15, 0.2) is 0 Å². The maximum atomic E-state index is 11.8. The molecule has 2 heterocycles. The molecular formula is C11H13N7O4. The van der Waals surface area contributed by atoms with E-state index in [1.807, 2.05) is 0 Å². The quantitative estimate of drug-likeness (QED) is 0.550. The van der Waals surface area contributed by atoms with Gasteiger partial charge in [0, 0.05) is 20.0 Å². The van der Waals surface area contributed by atoms with Gasteiger partial charge in [-0.25, -0.2) is 0 Å². The molecular weight excluding hydrogens is 294 g/mol. The van der Waals surface area contributed by atoms with E-state index in [0.29, 0.717) is 0 Å². The molecule has 0 spiro atoms. The number of aryl methyl sites for hydroxylation is 2. The van der Waals surface area contributed by atoms with Crippen LogP contribution < -0.4 is 11.1 Å². The zero-order chi connectivity index (χ0) is 16.3. The lowest BCUT2D eigenvalue weighted by molar-refractivity contribution is -0.385. The number of hydrogen-bond acceptors (Lipinski definition) is 6. The number of rotatable bonds is 6. The van der Waals surface area contributed by atoms with Gasteiger partial charge in [-0.1, -0.05) is 0 Å². The van der Waals surface area contributed by atoms with Crippen LogP contribution in [0.25, 0.3) is 0 Å². The van der Waals surface area contributed by atoms with Crippen LogP contribution in [0.4, 0.5) is 11.4 Å². The van der Waals surface area contributed by atoms with Gasteiger partial charge < -0.3 is 11.1 Å². The Hall–Kier alpha value is -3.24. The summed E-state index contributed by atoms with van der Waals surface area (Å²) in [7, 11) is 1.53. The molecule has 0 aliphatic rings. The molecule has 3 N–H and O–H groups in total. The first kappa shape index (κ1) is 15.2. The van der Waals surface area contributed by atoms with Crippen LogP contribution in [-0.2, 0) is 18.4 Å². The summed E-state index contributed by atoms with van der Waals surface area (Å²) in [6, 6.07) is 0. The van der Waals surface area contributed by atoms with Crippen LogP contribution in [0.3, 0.4) is 0 Å². The van der Waals surface area contributed by atoms with Crippen molar-refractivity contribution in [3.8, 4) is 0 Å². The highest BCUT2D eigenvalue weighted by atomic mass is 16.6. The third-order valence-corrected chi connectivity index (χ3v) is 2.84. The number of hydrogen-bond donors (Lipinski definition) is 2. The Morgan fingerprint density at radius 1 is 1.41 bits per heavy atom. The van der Waals surface area contributed by atoms with E-state index in [1.54, 1.807) is 0 Å². The van der Waals surface area contributed by atoms with Gasteiger partial charge in [-0.2, -0.15) is 10.2 Å². The summed E-state index contributed by atoms with van der Waals surface area (Å²) in [6.07, 6.45) is 3.67. The van der Waals surface area contributed by atoms with Crippen molar-refractivity contribution in [2.75, 3.05) is 5.32 Å². The van der Waals surface area contributed by atoms with E-state index in [-0.39, 0.29) is 30.0 Å². The number of nitrogens with two attached hydrogens (primary N) is 1. The van der Waals surface area contributed by atoms with Crippen LogP contribution in [0.2, 0.25) is 0 Å². The average Bonchev–Trinajstić information content (AvgIpc) is 3.03. The number of nitrogens with one attached hydrogen (secondary N) is 1. The van der Waals surface area contributed by atoms with E-state index in [2.05, 4.69) is 15.5 Å². The van der Waals surface area contributed by atoms with Crippen molar-refractivity contribution >= 4 is 23.2 Å². The Morgan fingerprint density at radius 2 is 2.14 bits per heavy atom. The second-order valence-electron chi connectivity index (χ2n) is 4.41. The number of carbonyl (C=O) groups is 2. The summed E-state index contributed by atoms with van der Waals surface area (Å²) in [4.78, 5) is 33.0. The summed E-state index contributed by atoms with van der Waals surface area (Å²) in [6.45, 7) is 0.159. The highest BCUT2D eigenvalue weighted by Crippen LogP contribution is 2.14. The standard InChI is InChI=1S/C11H13N7O4/c1-16-10(11(12)20)8(5-13-16)15-9(19)2-3-17-6-7(4-14-17)18(21)22/h4-6H,2-3H2,1H3,(H2,12,20)(H,15,19). The molecule has 0 atom stereocenters. The van der Waals surface area contributed by atoms with Crippen molar-refractivity contribution in [1.82, 2.24) is 19.6 Å². The molecule has 22 heavy (non-hydrogen) atoms. The molecule has 0 radical (unpaired) electrons. The van der Waals surface area contributed by atoms with E-state index < -0.39 is 16.7 Å². The fourth-order valence-corrected chi connectivity index (χ4v) is 1.82. The van der Waals surface area contributed by atoms with Crippen molar-refractivity contribution in [2.24, 2.45) is 12.8 Å². The molecule has 2 amide bonds.